The molecular formula is C14H13N3OS. The summed E-state index contributed by atoms with van der Waals surface area (Å²) in [5, 5.41) is 2.90. The first-order valence-electron chi connectivity index (χ1n) is 5.89. The van der Waals surface area contributed by atoms with E-state index in [9.17, 15) is 0 Å². The standard InChI is InChI=1S/C14H13N3OS/c1-18-11-5-3-2-4-9(11)8-12-16-13(15)10-6-7-19-14(10)17-12/h2-7H,8H2,1H3,(H2,15,16,17). The smallest absolute Gasteiger partial charge is 0.136 e. The lowest BCUT2D eigenvalue weighted by molar-refractivity contribution is 0.410. The molecule has 0 atom stereocenters. The van der Waals surface area contributed by atoms with Gasteiger partial charge in [-0.2, -0.15) is 0 Å². The summed E-state index contributed by atoms with van der Waals surface area (Å²) in [6.45, 7) is 0. The van der Waals surface area contributed by atoms with Crippen molar-refractivity contribution in [1.29, 1.82) is 0 Å². The van der Waals surface area contributed by atoms with E-state index in [1.165, 1.54) is 0 Å². The van der Waals surface area contributed by atoms with Crippen LogP contribution in [0.15, 0.2) is 35.7 Å². The van der Waals surface area contributed by atoms with Crippen molar-refractivity contribution in [2.75, 3.05) is 12.8 Å². The van der Waals surface area contributed by atoms with E-state index in [1.807, 2.05) is 35.7 Å². The molecule has 0 aliphatic carbocycles. The molecule has 2 heterocycles. The number of hydrogen-bond donors (Lipinski definition) is 1. The van der Waals surface area contributed by atoms with Gasteiger partial charge in [0.1, 0.15) is 22.2 Å². The van der Waals surface area contributed by atoms with Crippen LogP contribution in [-0.4, -0.2) is 17.1 Å². The van der Waals surface area contributed by atoms with Crippen molar-refractivity contribution < 1.29 is 4.74 Å². The highest BCUT2D eigenvalue weighted by Crippen LogP contribution is 2.25. The molecule has 2 aromatic heterocycles. The summed E-state index contributed by atoms with van der Waals surface area (Å²) in [4.78, 5) is 9.83. The summed E-state index contributed by atoms with van der Waals surface area (Å²) in [6, 6.07) is 9.81. The Morgan fingerprint density at radius 1 is 1.21 bits per heavy atom. The molecule has 0 radical (unpaired) electrons. The van der Waals surface area contributed by atoms with Gasteiger partial charge in [0.05, 0.1) is 12.5 Å². The zero-order valence-electron chi connectivity index (χ0n) is 10.5. The van der Waals surface area contributed by atoms with Gasteiger partial charge in [0.2, 0.25) is 0 Å². The minimum Gasteiger partial charge on any atom is -0.496 e. The van der Waals surface area contributed by atoms with Crippen LogP contribution in [0.2, 0.25) is 0 Å². The maximum absolute atomic E-state index is 5.95. The predicted octanol–water partition coefficient (Wildman–Crippen LogP) is 2.87. The second-order valence-corrected chi connectivity index (χ2v) is 5.05. The molecule has 3 aromatic rings. The zero-order chi connectivity index (χ0) is 13.2. The normalized spacial score (nSPS) is 10.8. The van der Waals surface area contributed by atoms with Gasteiger partial charge >= 0.3 is 0 Å². The van der Waals surface area contributed by atoms with Gasteiger partial charge in [-0.25, -0.2) is 9.97 Å². The van der Waals surface area contributed by atoms with E-state index in [4.69, 9.17) is 10.5 Å². The van der Waals surface area contributed by atoms with Crippen molar-refractivity contribution in [3.8, 4) is 5.75 Å². The molecule has 0 aliphatic heterocycles. The van der Waals surface area contributed by atoms with Gasteiger partial charge in [0.15, 0.2) is 0 Å². The first kappa shape index (κ1) is 11.9. The third kappa shape index (κ3) is 2.24. The number of nitrogens with two attached hydrogens (primary N) is 1. The number of methoxy groups -OCH3 is 1. The summed E-state index contributed by atoms with van der Waals surface area (Å²) in [7, 11) is 1.66. The second-order valence-electron chi connectivity index (χ2n) is 4.15. The molecule has 19 heavy (non-hydrogen) atoms. The molecule has 0 amide bonds. The average molecular weight is 271 g/mol. The molecule has 0 fully saturated rings. The maximum atomic E-state index is 5.95. The minimum absolute atomic E-state index is 0.538. The molecule has 0 spiro atoms. The molecule has 1 aromatic carbocycles. The Morgan fingerprint density at radius 3 is 2.89 bits per heavy atom. The number of thiophene rings is 1. The lowest BCUT2D eigenvalue weighted by Gasteiger charge is -2.07. The topological polar surface area (TPSA) is 61.0 Å². The summed E-state index contributed by atoms with van der Waals surface area (Å²) in [6.07, 6.45) is 0.613. The second kappa shape index (κ2) is 4.85. The minimum atomic E-state index is 0.538. The highest BCUT2D eigenvalue weighted by Gasteiger charge is 2.09. The molecule has 2 N–H and O–H groups in total. The molecule has 4 nitrogen and oxygen atoms in total. The lowest BCUT2D eigenvalue weighted by atomic mass is 10.1. The largest absolute Gasteiger partial charge is 0.496 e. The number of aromatic nitrogens is 2. The van der Waals surface area contributed by atoms with Crippen molar-refractivity contribution in [3.05, 3.63) is 47.1 Å². The molecular weight excluding hydrogens is 258 g/mol. The Morgan fingerprint density at radius 2 is 2.05 bits per heavy atom. The first-order chi connectivity index (χ1) is 9.28. The molecule has 96 valence electrons. The van der Waals surface area contributed by atoms with Crippen LogP contribution >= 0.6 is 11.3 Å². The Bertz CT molecular complexity index is 724. The van der Waals surface area contributed by atoms with Crippen molar-refractivity contribution in [3.63, 3.8) is 0 Å². The van der Waals surface area contributed by atoms with E-state index in [2.05, 4.69) is 9.97 Å². The van der Waals surface area contributed by atoms with Crippen LogP contribution in [0.1, 0.15) is 11.4 Å². The van der Waals surface area contributed by atoms with Crippen LogP contribution in [0.25, 0.3) is 10.2 Å². The van der Waals surface area contributed by atoms with Crippen LogP contribution in [-0.2, 0) is 6.42 Å². The molecule has 5 heteroatoms. The van der Waals surface area contributed by atoms with Gasteiger partial charge in [0, 0.05) is 12.0 Å². The van der Waals surface area contributed by atoms with E-state index in [0.29, 0.717) is 12.2 Å². The number of benzene rings is 1. The van der Waals surface area contributed by atoms with E-state index in [-0.39, 0.29) is 0 Å². The van der Waals surface area contributed by atoms with Gasteiger partial charge in [-0.3, -0.25) is 0 Å². The van der Waals surface area contributed by atoms with E-state index in [1.54, 1.807) is 18.4 Å². The van der Waals surface area contributed by atoms with Crippen molar-refractivity contribution >= 4 is 27.4 Å². The summed E-state index contributed by atoms with van der Waals surface area (Å²) in [5.41, 5.74) is 7.01. The van der Waals surface area contributed by atoms with Crippen LogP contribution in [0.4, 0.5) is 5.82 Å². The number of ether oxygens (including phenoxy) is 1. The molecule has 0 unspecified atom stereocenters. The predicted molar refractivity (Wildman–Crippen MR) is 77.6 cm³/mol. The Kier molecular flexibility index (Phi) is 3.05. The molecule has 0 saturated heterocycles. The number of nitrogen functional groups attached to an aromatic ring is 1. The van der Waals surface area contributed by atoms with Gasteiger partial charge in [-0.1, -0.05) is 18.2 Å². The SMILES string of the molecule is COc1ccccc1Cc1nc(N)c2ccsc2n1. The fourth-order valence-corrected chi connectivity index (χ4v) is 2.81. The van der Waals surface area contributed by atoms with Gasteiger partial charge in [0.25, 0.3) is 0 Å². The maximum Gasteiger partial charge on any atom is 0.136 e. The Labute approximate surface area is 114 Å². The fourth-order valence-electron chi connectivity index (χ4n) is 2.02. The van der Waals surface area contributed by atoms with Gasteiger partial charge in [-0.15, -0.1) is 11.3 Å². The van der Waals surface area contributed by atoms with Crippen LogP contribution in [0.5, 0.6) is 5.75 Å². The summed E-state index contributed by atoms with van der Waals surface area (Å²) >= 11 is 1.57. The third-order valence-corrected chi connectivity index (χ3v) is 3.75. The highest BCUT2D eigenvalue weighted by molar-refractivity contribution is 7.16. The molecule has 3 rings (SSSR count). The average Bonchev–Trinajstić information content (AvgIpc) is 2.88. The van der Waals surface area contributed by atoms with Crippen LogP contribution in [0, 0.1) is 0 Å². The monoisotopic (exact) mass is 271 g/mol. The van der Waals surface area contributed by atoms with Crippen LogP contribution in [0.3, 0.4) is 0 Å². The molecule has 0 aliphatic rings. The molecule has 0 bridgehead atoms. The highest BCUT2D eigenvalue weighted by atomic mass is 32.1. The number of anilines is 1. The van der Waals surface area contributed by atoms with E-state index in [0.717, 1.165) is 27.4 Å². The van der Waals surface area contributed by atoms with Crippen molar-refractivity contribution in [2.45, 2.75) is 6.42 Å². The van der Waals surface area contributed by atoms with E-state index < -0.39 is 0 Å². The Hall–Kier alpha value is -2.14. The first-order valence-corrected chi connectivity index (χ1v) is 6.77. The van der Waals surface area contributed by atoms with Crippen molar-refractivity contribution in [2.24, 2.45) is 0 Å². The van der Waals surface area contributed by atoms with Gasteiger partial charge in [-0.05, 0) is 17.5 Å². The number of nitrogens with zero attached hydrogens (tertiary/aromatic N) is 2. The third-order valence-electron chi connectivity index (χ3n) is 2.94. The summed E-state index contributed by atoms with van der Waals surface area (Å²) in [5.74, 6) is 2.10. The zero-order valence-corrected chi connectivity index (χ0v) is 11.3. The number of hydrogen-bond acceptors (Lipinski definition) is 5. The van der Waals surface area contributed by atoms with Crippen LogP contribution < -0.4 is 10.5 Å². The summed E-state index contributed by atoms with van der Waals surface area (Å²) < 4.78 is 5.34. The number of para-hydroxylation sites is 1. The number of rotatable bonds is 3. The Balaban J connectivity index is 2.01. The number of fused-ring (bicyclic) bond motifs is 1. The van der Waals surface area contributed by atoms with Crippen molar-refractivity contribution in [1.82, 2.24) is 9.97 Å². The lowest BCUT2D eigenvalue weighted by Crippen LogP contribution is -2.02. The van der Waals surface area contributed by atoms with Gasteiger partial charge < -0.3 is 10.5 Å². The quantitative estimate of drug-likeness (QED) is 0.795. The molecule has 0 saturated carbocycles. The fraction of sp³-hybridized carbons (Fsp3) is 0.143. The van der Waals surface area contributed by atoms with E-state index >= 15 is 0 Å².